The van der Waals surface area contributed by atoms with Gasteiger partial charge in [0.2, 0.25) is 0 Å². The summed E-state index contributed by atoms with van der Waals surface area (Å²) in [5.41, 5.74) is 4.35. The lowest BCUT2D eigenvalue weighted by Crippen LogP contribution is -2.00. The minimum Gasteiger partial charge on any atom is -0.340 e. The first-order valence-electron chi connectivity index (χ1n) is 5.40. The van der Waals surface area contributed by atoms with Gasteiger partial charge in [-0.15, -0.1) is 0 Å². The van der Waals surface area contributed by atoms with Crippen molar-refractivity contribution in [3.05, 3.63) is 46.4 Å². The number of halogens is 1. The van der Waals surface area contributed by atoms with Crippen LogP contribution in [0, 0.1) is 20.8 Å². The van der Waals surface area contributed by atoms with Gasteiger partial charge in [0, 0.05) is 11.3 Å². The number of hydrogen-bond acceptors (Lipinski definition) is 3. The molecule has 0 atom stereocenters. The second-order valence-electron chi connectivity index (χ2n) is 4.01. The van der Waals surface area contributed by atoms with E-state index in [9.17, 15) is 0 Å². The molecule has 0 saturated heterocycles. The largest absolute Gasteiger partial charge is 0.340 e. The van der Waals surface area contributed by atoms with Crippen LogP contribution in [0.1, 0.15) is 16.7 Å². The maximum atomic E-state index is 5.96. The minimum atomic E-state index is 0.479. The molecule has 1 N–H and O–H groups in total. The van der Waals surface area contributed by atoms with Gasteiger partial charge in [-0.3, -0.25) is 0 Å². The fourth-order valence-corrected chi connectivity index (χ4v) is 1.70. The molecule has 3 nitrogen and oxygen atoms in total. The van der Waals surface area contributed by atoms with Crippen LogP contribution in [0.2, 0.25) is 5.15 Å². The zero-order valence-corrected chi connectivity index (χ0v) is 10.8. The summed E-state index contributed by atoms with van der Waals surface area (Å²) in [6, 6.07) is 6.13. The highest BCUT2D eigenvalue weighted by atomic mass is 35.5. The molecule has 0 amide bonds. The van der Waals surface area contributed by atoms with Crippen molar-refractivity contribution in [2.45, 2.75) is 20.8 Å². The third kappa shape index (κ3) is 2.39. The molecule has 0 bridgehead atoms. The van der Waals surface area contributed by atoms with Crippen molar-refractivity contribution >= 4 is 23.1 Å². The molecule has 88 valence electrons. The molecule has 0 spiro atoms. The van der Waals surface area contributed by atoms with E-state index in [0.717, 1.165) is 17.1 Å². The average Bonchev–Trinajstić information content (AvgIpc) is 2.31. The number of nitrogens with one attached hydrogen (secondary N) is 1. The SMILES string of the molecule is Cc1cccc(Nc2ncnc(Cl)c2C)c1C. The van der Waals surface area contributed by atoms with Crippen LogP contribution in [-0.4, -0.2) is 9.97 Å². The number of nitrogens with zero attached hydrogens (tertiary/aromatic N) is 2. The second-order valence-corrected chi connectivity index (χ2v) is 4.37. The molecule has 1 heterocycles. The zero-order chi connectivity index (χ0) is 12.4. The highest BCUT2D eigenvalue weighted by Crippen LogP contribution is 2.25. The Bertz CT molecular complexity index is 503. The van der Waals surface area contributed by atoms with E-state index in [-0.39, 0.29) is 0 Å². The van der Waals surface area contributed by atoms with Crippen LogP contribution in [-0.2, 0) is 0 Å². The van der Waals surface area contributed by atoms with E-state index in [1.807, 2.05) is 19.1 Å². The Balaban J connectivity index is 2.38. The standard InChI is InChI=1S/C13H14ClN3/c1-8-5-4-6-11(9(8)2)17-13-10(3)12(14)15-7-16-13/h4-7H,1-3H3,(H,15,16,17). The molecule has 0 fully saturated rings. The molecule has 1 aromatic carbocycles. The zero-order valence-electron chi connectivity index (χ0n) is 10.1. The van der Waals surface area contributed by atoms with Crippen LogP contribution in [0.15, 0.2) is 24.5 Å². The molecule has 0 aliphatic carbocycles. The average molecular weight is 248 g/mol. The molecular formula is C13H14ClN3. The molecule has 0 aliphatic rings. The van der Waals surface area contributed by atoms with Crippen molar-refractivity contribution in [1.82, 2.24) is 9.97 Å². The van der Waals surface area contributed by atoms with E-state index in [4.69, 9.17) is 11.6 Å². The third-order valence-corrected chi connectivity index (χ3v) is 3.26. The number of aromatic nitrogens is 2. The van der Waals surface area contributed by atoms with Gasteiger partial charge in [0.15, 0.2) is 0 Å². The molecular weight excluding hydrogens is 234 g/mol. The van der Waals surface area contributed by atoms with Crippen LogP contribution >= 0.6 is 11.6 Å². The Hall–Kier alpha value is -1.61. The van der Waals surface area contributed by atoms with Crippen molar-refractivity contribution < 1.29 is 0 Å². The van der Waals surface area contributed by atoms with Gasteiger partial charge in [0.05, 0.1) is 0 Å². The van der Waals surface area contributed by atoms with Crippen LogP contribution in [0.3, 0.4) is 0 Å². The summed E-state index contributed by atoms with van der Waals surface area (Å²) in [5.74, 6) is 0.749. The summed E-state index contributed by atoms with van der Waals surface area (Å²) in [5, 5.41) is 3.77. The van der Waals surface area contributed by atoms with Gasteiger partial charge >= 0.3 is 0 Å². The van der Waals surface area contributed by atoms with Crippen molar-refractivity contribution in [3.8, 4) is 0 Å². The Morgan fingerprint density at radius 3 is 2.59 bits per heavy atom. The van der Waals surface area contributed by atoms with Crippen LogP contribution < -0.4 is 5.32 Å². The van der Waals surface area contributed by atoms with E-state index >= 15 is 0 Å². The normalized spacial score (nSPS) is 10.4. The lowest BCUT2D eigenvalue weighted by molar-refractivity contribution is 1.13. The first-order chi connectivity index (χ1) is 8.09. The van der Waals surface area contributed by atoms with E-state index in [0.29, 0.717) is 5.15 Å². The van der Waals surface area contributed by atoms with Crippen LogP contribution in [0.25, 0.3) is 0 Å². The maximum absolute atomic E-state index is 5.96. The summed E-state index contributed by atoms with van der Waals surface area (Å²) < 4.78 is 0. The van der Waals surface area contributed by atoms with Crippen molar-refractivity contribution in [2.24, 2.45) is 0 Å². The smallest absolute Gasteiger partial charge is 0.138 e. The van der Waals surface area contributed by atoms with Gasteiger partial charge in [-0.2, -0.15) is 0 Å². The quantitative estimate of drug-likeness (QED) is 0.821. The predicted molar refractivity (Wildman–Crippen MR) is 71.0 cm³/mol. The Labute approximate surface area is 106 Å². The number of aryl methyl sites for hydroxylation is 1. The van der Waals surface area contributed by atoms with Crippen molar-refractivity contribution in [1.29, 1.82) is 0 Å². The Morgan fingerprint density at radius 1 is 1.06 bits per heavy atom. The predicted octanol–water partition coefficient (Wildman–Crippen LogP) is 3.80. The van der Waals surface area contributed by atoms with Gasteiger partial charge in [-0.05, 0) is 38.0 Å². The van der Waals surface area contributed by atoms with Crippen molar-refractivity contribution in [3.63, 3.8) is 0 Å². The summed E-state index contributed by atoms with van der Waals surface area (Å²) in [7, 11) is 0. The first-order valence-corrected chi connectivity index (χ1v) is 5.77. The summed E-state index contributed by atoms with van der Waals surface area (Å²) >= 11 is 5.96. The first kappa shape index (κ1) is 11.9. The number of rotatable bonds is 2. The van der Waals surface area contributed by atoms with Gasteiger partial charge < -0.3 is 5.32 Å². The highest BCUT2D eigenvalue weighted by Gasteiger charge is 2.07. The molecule has 0 saturated carbocycles. The molecule has 17 heavy (non-hydrogen) atoms. The van der Waals surface area contributed by atoms with E-state index < -0.39 is 0 Å². The molecule has 4 heteroatoms. The molecule has 0 unspecified atom stereocenters. The summed E-state index contributed by atoms with van der Waals surface area (Å²) in [6.45, 7) is 6.06. The number of hydrogen-bond donors (Lipinski definition) is 1. The molecule has 0 aliphatic heterocycles. The lowest BCUT2D eigenvalue weighted by atomic mass is 10.1. The monoisotopic (exact) mass is 247 g/mol. The van der Waals surface area contributed by atoms with Gasteiger partial charge in [-0.25, -0.2) is 9.97 Å². The topological polar surface area (TPSA) is 37.8 Å². The van der Waals surface area contributed by atoms with E-state index in [2.05, 4.69) is 35.2 Å². The Morgan fingerprint density at radius 2 is 1.82 bits per heavy atom. The molecule has 0 radical (unpaired) electrons. The van der Waals surface area contributed by atoms with Crippen LogP contribution in [0.4, 0.5) is 11.5 Å². The van der Waals surface area contributed by atoms with Crippen molar-refractivity contribution in [2.75, 3.05) is 5.32 Å². The van der Waals surface area contributed by atoms with Gasteiger partial charge in [0.25, 0.3) is 0 Å². The molecule has 1 aromatic heterocycles. The van der Waals surface area contributed by atoms with Gasteiger partial charge in [-0.1, -0.05) is 23.7 Å². The Kier molecular flexibility index (Phi) is 3.29. The van der Waals surface area contributed by atoms with Gasteiger partial charge in [0.1, 0.15) is 17.3 Å². The fourth-order valence-electron chi connectivity index (χ4n) is 1.57. The molecule has 2 rings (SSSR count). The van der Waals surface area contributed by atoms with Crippen LogP contribution in [0.5, 0.6) is 0 Å². The number of benzene rings is 1. The minimum absolute atomic E-state index is 0.479. The third-order valence-electron chi connectivity index (χ3n) is 2.88. The fraction of sp³-hybridized carbons (Fsp3) is 0.231. The summed E-state index contributed by atoms with van der Waals surface area (Å²) in [4.78, 5) is 8.13. The molecule has 2 aromatic rings. The lowest BCUT2D eigenvalue weighted by Gasteiger charge is -2.12. The highest BCUT2D eigenvalue weighted by molar-refractivity contribution is 6.30. The van der Waals surface area contributed by atoms with E-state index in [1.54, 1.807) is 0 Å². The second kappa shape index (κ2) is 4.72. The summed E-state index contributed by atoms with van der Waals surface area (Å²) in [6.07, 6.45) is 1.46. The number of anilines is 2. The maximum Gasteiger partial charge on any atom is 0.138 e. The van der Waals surface area contributed by atoms with E-state index in [1.165, 1.54) is 17.5 Å².